The van der Waals surface area contributed by atoms with E-state index in [0.717, 1.165) is 6.26 Å². The highest BCUT2D eigenvalue weighted by atomic mass is 32.2. The van der Waals surface area contributed by atoms with Crippen LogP contribution in [-0.4, -0.2) is 37.1 Å². The largest absolute Gasteiger partial charge is 0.354 e. The lowest BCUT2D eigenvalue weighted by Gasteiger charge is -2.23. The first-order chi connectivity index (χ1) is 6.08. The summed E-state index contributed by atoms with van der Waals surface area (Å²) >= 11 is 3.93. The molecule has 0 aliphatic carbocycles. The predicted molar refractivity (Wildman–Crippen MR) is 60.4 cm³/mol. The van der Waals surface area contributed by atoms with Gasteiger partial charge in [-0.15, -0.1) is 0 Å². The smallest absolute Gasteiger partial charge is 0.232 e. The van der Waals surface area contributed by atoms with Gasteiger partial charge >= 0.3 is 0 Å². The van der Waals surface area contributed by atoms with E-state index in [9.17, 15) is 13.2 Å². The maximum absolute atomic E-state index is 11.3. The lowest BCUT2D eigenvalue weighted by molar-refractivity contribution is -0.120. The average molecular weight is 239 g/mol. The summed E-state index contributed by atoms with van der Waals surface area (Å²) in [7, 11) is -3.16. The van der Waals surface area contributed by atoms with Crippen molar-refractivity contribution >= 4 is 28.4 Å². The van der Waals surface area contributed by atoms with Crippen molar-refractivity contribution in [1.29, 1.82) is 0 Å². The molecule has 4 nitrogen and oxygen atoms in total. The van der Waals surface area contributed by atoms with Crippen molar-refractivity contribution in [3.05, 3.63) is 0 Å². The molecule has 0 aromatic rings. The molecule has 0 rings (SSSR count). The van der Waals surface area contributed by atoms with Crippen molar-refractivity contribution < 1.29 is 13.2 Å². The van der Waals surface area contributed by atoms with Gasteiger partial charge in [-0.05, 0) is 20.8 Å². The summed E-state index contributed by atoms with van der Waals surface area (Å²) in [4.78, 5) is 11.1. The molecule has 0 fully saturated rings. The molecule has 1 atom stereocenters. The molecular weight excluding hydrogens is 222 g/mol. The van der Waals surface area contributed by atoms with Gasteiger partial charge in [0, 0.05) is 12.8 Å². The van der Waals surface area contributed by atoms with Gasteiger partial charge in [0.1, 0.15) is 0 Å². The summed E-state index contributed by atoms with van der Waals surface area (Å²) in [5.74, 6) is -0.259. The first-order valence-electron chi connectivity index (χ1n) is 4.23. The molecule has 1 N–H and O–H groups in total. The second kappa shape index (κ2) is 4.53. The zero-order valence-electron chi connectivity index (χ0n) is 8.86. The number of rotatable bonds is 4. The summed E-state index contributed by atoms with van der Waals surface area (Å²) in [5, 5.41) is 2.11. The Kier molecular flexibility index (Phi) is 4.45. The van der Waals surface area contributed by atoms with Crippen molar-refractivity contribution in [3.63, 3.8) is 0 Å². The molecule has 6 heteroatoms. The Morgan fingerprint density at radius 2 is 1.93 bits per heavy atom. The SMILES string of the molecule is CC(S)C(=O)NCC(C)(C)S(C)(=O)=O. The number of thiol groups is 1. The lowest BCUT2D eigenvalue weighted by atomic mass is 10.2. The topological polar surface area (TPSA) is 63.2 Å². The molecule has 0 saturated carbocycles. The highest BCUT2D eigenvalue weighted by Crippen LogP contribution is 2.13. The van der Waals surface area contributed by atoms with Crippen LogP contribution in [0.3, 0.4) is 0 Å². The fourth-order valence-electron chi connectivity index (χ4n) is 0.579. The zero-order chi connectivity index (χ0) is 11.6. The van der Waals surface area contributed by atoms with Gasteiger partial charge in [-0.1, -0.05) is 0 Å². The Hall–Kier alpha value is -0.230. The van der Waals surface area contributed by atoms with Crippen molar-refractivity contribution in [2.24, 2.45) is 0 Å². The van der Waals surface area contributed by atoms with Crippen LogP contribution in [0.2, 0.25) is 0 Å². The van der Waals surface area contributed by atoms with Gasteiger partial charge in [-0.2, -0.15) is 12.6 Å². The van der Waals surface area contributed by atoms with Crippen molar-refractivity contribution in [3.8, 4) is 0 Å². The Labute approximate surface area is 90.8 Å². The van der Waals surface area contributed by atoms with Crippen LogP contribution in [-0.2, 0) is 14.6 Å². The number of sulfone groups is 1. The van der Waals surface area contributed by atoms with Gasteiger partial charge in [0.05, 0.1) is 10.00 Å². The Morgan fingerprint density at radius 1 is 1.50 bits per heavy atom. The lowest BCUT2D eigenvalue weighted by Crippen LogP contribution is -2.45. The second-order valence-electron chi connectivity index (χ2n) is 3.93. The molecular formula is C8H17NO3S2. The molecule has 0 aromatic carbocycles. The molecule has 0 heterocycles. The molecule has 0 spiro atoms. The summed E-state index contributed by atoms with van der Waals surface area (Å²) in [5.41, 5.74) is 0. The van der Waals surface area contributed by atoms with Crippen LogP contribution in [0.4, 0.5) is 0 Å². The standard InChI is InChI=1S/C8H17NO3S2/c1-6(13)7(10)9-5-8(2,3)14(4,11)12/h6,13H,5H2,1-4H3,(H,9,10). The predicted octanol–water partition coefficient (Wildman–Crippen LogP) is 0.244. The third kappa shape index (κ3) is 3.88. The monoisotopic (exact) mass is 239 g/mol. The molecule has 0 aromatic heterocycles. The third-order valence-electron chi connectivity index (χ3n) is 2.07. The molecule has 0 saturated heterocycles. The van der Waals surface area contributed by atoms with Gasteiger partial charge in [0.2, 0.25) is 5.91 Å². The van der Waals surface area contributed by atoms with E-state index in [4.69, 9.17) is 0 Å². The minimum atomic E-state index is -3.16. The van der Waals surface area contributed by atoms with Crippen LogP contribution in [0.25, 0.3) is 0 Å². The minimum Gasteiger partial charge on any atom is -0.354 e. The highest BCUT2D eigenvalue weighted by molar-refractivity contribution is 7.92. The van der Waals surface area contributed by atoms with Crippen LogP contribution < -0.4 is 5.32 Å². The first-order valence-corrected chi connectivity index (χ1v) is 6.64. The number of carbonyl (C=O) groups excluding carboxylic acids is 1. The number of hydrogen-bond acceptors (Lipinski definition) is 4. The normalized spacial score (nSPS) is 14.9. The molecule has 0 aliphatic heterocycles. The fourth-order valence-corrected chi connectivity index (χ4v) is 1.00. The van der Waals surface area contributed by atoms with E-state index in [1.54, 1.807) is 20.8 Å². The van der Waals surface area contributed by atoms with Gasteiger partial charge in [0.15, 0.2) is 9.84 Å². The Morgan fingerprint density at radius 3 is 2.21 bits per heavy atom. The van der Waals surface area contributed by atoms with E-state index < -0.39 is 19.8 Å². The number of amides is 1. The summed E-state index contributed by atoms with van der Waals surface area (Å²) < 4.78 is 21.6. The Balaban J connectivity index is 4.35. The quantitative estimate of drug-likeness (QED) is 0.691. The Bertz CT molecular complexity index is 307. The van der Waals surface area contributed by atoms with Crippen molar-refractivity contribution in [2.75, 3.05) is 12.8 Å². The first kappa shape index (κ1) is 13.8. The second-order valence-corrected chi connectivity index (χ2v) is 7.35. The van der Waals surface area contributed by atoms with Crippen molar-refractivity contribution in [2.45, 2.75) is 30.8 Å². The van der Waals surface area contributed by atoms with Crippen LogP contribution in [0.5, 0.6) is 0 Å². The molecule has 0 radical (unpaired) electrons. The zero-order valence-corrected chi connectivity index (χ0v) is 10.6. The van der Waals surface area contributed by atoms with E-state index in [2.05, 4.69) is 17.9 Å². The van der Waals surface area contributed by atoms with Gasteiger partial charge in [-0.3, -0.25) is 4.79 Å². The van der Waals surface area contributed by atoms with E-state index in [1.165, 1.54) is 0 Å². The van der Waals surface area contributed by atoms with Crippen LogP contribution in [0.1, 0.15) is 20.8 Å². The molecule has 1 unspecified atom stereocenters. The van der Waals surface area contributed by atoms with E-state index >= 15 is 0 Å². The van der Waals surface area contributed by atoms with Gasteiger partial charge < -0.3 is 5.32 Å². The fraction of sp³-hybridized carbons (Fsp3) is 0.875. The molecule has 0 bridgehead atoms. The number of nitrogens with one attached hydrogen (secondary N) is 1. The molecule has 1 amide bonds. The molecule has 84 valence electrons. The average Bonchev–Trinajstić information content (AvgIpc) is 1.97. The van der Waals surface area contributed by atoms with Gasteiger partial charge in [-0.25, -0.2) is 8.42 Å². The third-order valence-corrected chi connectivity index (χ3v) is 4.46. The molecule has 0 aliphatic rings. The summed E-state index contributed by atoms with van der Waals surface area (Å²) in [6.07, 6.45) is 1.16. The van der Waals surface area contributed by atoms with Crippen LogP contribution >= 0.6 is 12.6 Å². The van der Waals surface area contributed by atoms with E-state index in [-0.39, 0.29) is 12.5 Å². The van der Waals surface area contributed by atoms with Gasteiger partial charge in [0.25, 0.3) is 0 Å². The maximum atomic E-state index is 11.3. The highest BCUT2D eigenvalue weighted by Gasteiger charge is 2.30. The number of hydrogen-bond donors (Lipinski definition) is 2. The molecule has 14 heavy (non-hydrogen) atoms. The van der Waals surface area contributed by atoms with Crippen molar-refractivity contribution in [1.82, 2.24) is 5.32 Å². The van der Waals surface area contributed by atoms with E-state index in [1.807, 2.05) is 0 Å². The number of carbonyl (C=O) groups is 1. The van der Waals surface area contributed by atoms with E-state index in [0.29, 0.717) is 0 Å². The van der Waals surface area contributed by atoms with Crippen LogP contribution in [0, 0.1) is 0 Å². The van der Waals surface area contributed by atoms with Crippen LogP contribution in [0.15, 0.2) is 0 Å². The minimum absolute atomic E-state index is 0.107. The summed E-state index contributed by atoms with van der Waals surface area (Å²) in [6, 6.07) is 0. The maximum Gasteiger partial charge on any atom is 0.232 e. The summed E-state index contributed by atoms with van der Waals surface area (Å²) in [6.45, 7) is 4.89.